The Balaban J connectivity index is 2.00. The SMILES string of the molecule is NC(=O)CCNC(=O)NC(c1ccc(F)cc1)C1CCCO1. The molecule has 0 aromatic heterocycles. The van der Waals surface area contributed by atoms with E-state index in [1.807, 2.05) is 0 Å². The van der Waals surface area contributed by atoms with Crippen LogP contribution in [0.3, 0.4) is 0 Å². The van der Waals surface area contributed by atoms with Crippen LogP contribution in [0, 0.1) is 5.82 Å². The van der Waals surface area contributed by atoms with E-state index in [1.165, 1.54) is 12.1 Å². The maximum absolute atomic E-state index is 13.1. The van der Waals surface area contributed by atoms with Crippen molar-refractivity contribution >= 4 is 11.9 Å². The molecule has 1 fully saturated rings. The molecule has 1 heterocycles. The average molecular weight is 309 g/mol. The summed E-state index contributed by atoms with van der Waals surface area (Å²) in [4.78, 5) is 22.6. The number of carbonyl (C=O) groups excluding carboxylic acids is 2. The molecule has 0 saturated carbocycles. The summed E-state index contributed by atoms with van der Waals surface area (Å²) in [5, 5.41) is 5.39. The summed E-state index contributed by atoms with van der Waals surface area (Å²) in [6, 6.07) is 5.19. The Morgan fingerprint density at radius 3 is 2.68 bits per heavy atom. The first kappa shape index (κ1) is 16.2. The topological polar surface area (TPSA) is 93.5 Å². The zero-order valence-corrected chi connectivity index (χ0v) is 12.2. The third-order valence-electron chi connectivity index (χ3n) is 3.51. The van der Waals surface area contributed by atoms with Crippen molar-refractivity contribution in [2.45, 2.75) is 31.4 Å². The molecule has 6 nitrogen and oxygen atoms in total. The van der Waals surface area contributed by atoms with Gasteiger partial charge in [-0.2, -0.15) is 0 Å². The number of ether oxygens (including phenoxy) is 1. The van der Waals surface area contributed by atoms with E-state index in [9.17, 15) is 14.0 Å². The molecule has 1 aliphatic rings. The Bertz CT molecular complexity index is 515. The number of benzene rings is 1. The molecule has 1 aromatic rings. The Morgan fingerprint density at radius 1 is 1.36 bits per heavy atom. The molecular weight excluding hydrogens is 289 g/mol. The fraction of sp³-hybridized carbons (Fsp3) is 0.467. The van der Waals surface area contributed by atoms with Gasteiger partial charge >= 0.3 is 6.03 Å². The number of halogens is 1. The number of nitrogens with two attached hydrogens (primary N) is 1. The van der Waals surface area contributed by atoms with Crippen molar-refractivity contribution in [1.29, 1.82) is 0 Å². The van der Waals surface area contributed by atoms with Crippen LogP contribution in [0.15, 0.2) is 24.3 Å². The molecule has 2 atom stereocenters. The van der Waals surface area contributed by atoms with Crippen LogP contribution in [0.4, 0.5) is 9.18 Å². The van der Waals surface area contributed by atoms with Gasteiger partial charge in [0.15, 0.2) is 0 Å². The lowest BCUT2D eigenvalue weighted by molar-refractivity contribution is -0.117. The fourth-order valence-electron chi connectivity index (χ4n) is 2.42. The molecule has 0 radical (unpaired) electrons. The monoisotopic (exact) mass is 309 g/mol. The van der Waals surface area contributed by atoms with E-state index < -0.39 is 11.9 Å². The molecule has 1 aromatic carbocycles. The van der Waals surface area contributed by atoms with E-state index >= 15 is 0 Å². The Hall–Kier alpha value is -2.15. The lowest BCUT2D eigenvalue weighted by Gasteiger charge is -2.25. The quantitative estimate of drug-likeness (QED) is 0.737. The molecule has 0 spiro atoms. The van der Waals surface area contributed by atoms with Gasteiger partial charge in [-0.05, 0) is 30.5 Å². The number of hydrogen-bond donors (Lipinski definition) is 3. The van der Waals surface area contributed by atoms with Crippen molar-refractivity contribution < 1.29 is 18.7 Å². The summed E-state index contributed by atoms with van der Waals surface area (Å²) in [7, 11) is 0. The molecule has 4 N–H and O–H groups in total. The number of nitrogens with one attached hydrogen (secondary N) is 2. The minimum Gasteiger partial charge on any atom is -0.376 e. The minimum absolute atomic E-state index is 0.0779. The van der Waals surface area contributed by atoms with Crippen molar-refractivity contribution in [3.63, 3.8) is 0 Å². The van der Waals surface area contributed by atoms with Gasteiger partial charge in [-0.3, -0.25) is 4.79 Å². The second-order valence-corrected chi connectivity index (χ2v) is 5.20. The van der Waals surface area contributed by atoms with Crippen LogP contribution in [0.2, 0.25) is 0 Å². The number of rotatable bonds is 6. The summed E-state index contributed by atoms with van der Waals surface area (Å²) < 4.78 is 18.7. The third kappa shape index (κ3) is 4.70. The maximum atomic E-state index is 13.1. The van der Waals surface area contributed by atoms with Gasteiger partial charge in [-0.15, -0.1) is 0 Å². The summed E-state index contributed by atoms with van der Waals surface area (Å²) in [5.74, 6) is -0.810. The molecule has 0 bridgehead atoms. The van der Waals surface area contributed by atoms with Crippen LogP contribution < -0.4 is 16.4 Å². The molecule has 22 heavy (non-hydrogen) atoms. The second-order valence-electron chi connectivity index (χ2n) is 5.20. The lowest BCUT2D eigenvalue weighted by atomic mass is 9.99. The van der Waals surface area contributed by atoms with E-state index in [2.05, 4.69) is 10.6 Å². The Labute approximate surface area is 128 Å². The van der Waals surface area contributed by atoms with E-state index in [0.717, 1.165) is 18.4 Å². The predicted molar refractivity (Wildman–Crippen MR) is 78.5 cm³/mol. The number of urea groups is 1. The van der Waals surface area contributed by atoms with E-state index in [-0.39, 0.29) is 30.9 Å². The summed E-state index contributed by atoms with van der Waals surface area (Å²) >= 11 is 0. The van der Waals surface area contributed by atoms with Crippen LogP contribution in [-0.4, -0.2) is 31.2 Å². The van der Waals surface area contributed by atoms with Gasteiger partial charge in [-0.25, -0.2) is 9.18 Å². The van der Waals surface area contributed by atoms with Gasteiger partial charge in [0.2, 0.25) is 5.91 Å². The molecule has 0 aliphatic carbocycles. The van der Waals surface area contributed by atoms with E-state index in [0.29, 0.717) is 6.61 Å². The number of amides is 3. The maximum Gasteiger partial charge on any atom is 0.315 e. The molecule has 3 amide bonds. The zero-order chi connectivity index (χ0) is 15.9. The average Bonchev–Trinajstić information content (AvgIpc) is 2.99. The van der Waals surface area contributed by atoms with Crippen molar-refractivity contribution in [2.24, 2.45) is 5.73 Å². The number of hydrogen-bond acceptors (Lipinski definition) is 3. The standard InChI is InChI=1S/C15H20FN3O3/c16-11-5-3-10(4-6-11)14(12-2-1-9-22-12)19-15(21)18-8-7-13(17)20/h3-6,12,14H,1-2,7-9H2,(H2,17,20)(H2,18,19,21). The van der Waals surface area contributed by atoms with Crippen LogP contribution >= 0.6 is 0 Å². The van der Waals surface area contributed by atoms with Crippen LogP contribution in [0.1, 0.15) is 30.9 Å². The zero-order valence-electron chi connectivity index (χ0n) is 12.2. The van der Waals surface area contributed by atoms with Crippen molar-refractivity contribution in [2.75, 3.05) is 13.2 Å². The normalized spacial score (nSPS) is 18.7. The number of carbonyl (C=O) groups is 2. The first-order valence-electron chi connectivity index (χ1n) is 7.26. The highest BCUT2D eigenvalue weighted by molar-refractivity contribution is 5.77. The summed E-state index contributed by atoms with van der Waals surface area (Å²) in [5.41, 5.74) is 5.79. The van der Waals surface area contributed by atoms with Crippen LogP contribution in [0.5, 0.6) is 0 Å². The van der Waals surface area contributed by atoms with Gasteiger partial charge in [0.1, 0.15) is 5.82 Å². The van der Waals surface area contributed by atoms with Crippen molar-refractivity contribution in [3.8, 4) is 0 Å². The highest BCUT2D eigenvalue weighted by atomic mass is 19.1. The minimum atomic E-state index is -0.477. The Morgan fingerprint density at radius 2 is 2.09 bits per heavy atom. The molecule has 7 heteroatoms. The highest BCUT2D eigenvalue weighted by Gasteiger charge is 2.28. The van der Waals surface area contributed by atoms with Gasteiger partial charge in [0.05, 0.1) is 12.1 Å². The highest BCUT2D eigenvalue weighted by Crippen LogP contribution is 2.27. The lowest BCUT2D eigenvalue weighted by Crippen LogP contribution is -2.43. The van der Waals surface area contributed by atoms with E-state index in [4.69, 9.17) is 10.5 Å². The van der Waals surface area contributed by atoms with Gasteiger partial charge in [0, 0.05) is 19.6 Å². The molecule has 1 aliphatic heterocycles. The third-order valence-corrected chi connectivity index (χ3v) is 3.51. The molecule has 120 valence electrons. The van der Waals surface area contributed by atoms with Gasteiger partial charge < -0.3 is 21.1 Å². The van der Waals surface area contributed by atoms with Crippen molar-refractivity contribution in [3.05, 3.63) is 35.6 Å². The predicted octanol–water partition coefficient (Wildman–Crippen LogP) is 1.22. The molecule has 1 saturated heterocycles. The second kappa shape index (κ2) is 7.74. The van der Waals surface area contributed by atoms with Crippen molar-refractivity contribution in [1.82, 2.24) is 10.6 Å². The first-order chi connectivity index (χ1) is 10.6. The summed E-state index contributed by atoms with van der Waals surface area (Å²) in [6.07, 6.45) is 1.68. The summed E-state index contributed by atoms with van der Waals surface area (Å²) in [6.45, 7) is 0.816. The Kier molecular flexibility index (Phi) is 5.71. The van der Waals surface area contributed by atoms with Gasteiger partial charge in [0.25, 0.3) is 0 Å². The number of primary amides is 1. The molecule has 2 unspecified atom stereocenters. The molecule has 2 rings (SSSR count). The smallest absolute Gasteiger partial charge is 0.315 e. The fourth-order valence-corrected chi connectivity index (χ4v) is 2.42. The molecular formula is C15H20FN3O3. The largest absolute Gasteiger partial charge is 0.376 e. The first-order valence-corrected chi connectivity index (χ1v) is 7.26. The van der Waals surface area contributed by atoms with E-state index in [1.54, 1.807) is 12.1 Å². The van der Waals surface area contributed by atoms with Gasteiger partial charge in [-0.1, -0.05) is 12.1 Å². The van der Waals surface area contributed by atoms with Crippen LogP contribution in [-0.2, 0) is 9.53 Å². The van der Waals surface area contributed by atoms with Crippen LogP contribution in [0.25, 0.3) is 0 Å².